The Hall–Kier alpha value is -2.07. The highest BCUT2D eigenvalue weighted by atomic mass is 16.4. The third-order valence-corrected chi connectivity index (χ3v) is 3.24. The lowest BCUT2D eigenvalue weighted by atomic mass is 10.0. The lowest BCUT2D eigenvalue weighted by Crippen LogP contribution is -2.14. The van der Waals surface area contributed by atoms with Crippen LogP contribution in [-0.2, 0) is 13.1 Å². The van der Waals surface area contributed by atoms with Crippen LogP contribution in [0.3, 0.4) is 0 Å². The molecule has 0 amide bonds. The minimum Gasteiger partial charge on any atom is -0.478 e. The van der Waals surface area contributed by atoms with Gasteiger partial charge in [0.25, 0.3) is 0 Å². The summed E-state index contributed by atoms with van der Waals surface area (Å²) in [5.41, 5.74) is 2.69. The van der Waals surface area contributed by atoms with E-state index in [2.05, 4.69) is 43.4 Å². The zero-order chi connectivity index (χ0) is 14.5. The van der Waals surface area contributed by atoms with Gasteiger partial charge in [-0.3, -0.25) is 0 Å². The van der Waals surface area contributed by atoms with Crippen molar-refractivity contribution in [3.8, 4) is 0 Å². The first-order valence-electron chi connectivity index (χ1n) is 6.67. The molecule has 1 aromatic carbocycles. The first kappa shape index (κ1) is 14.3. The van der Waals surface area contributed by atoms with E-state index >= 15 is 0 Å². The van der Waals surface area contributed by atoms with Crippen LogP contribution in [0.4, 0.5) is 0 Å². The van der Waals surface area contributed by atoms with Gasteiger partial charge in [0.2, 0.25) is 0 Å². The Morgan fingerprint density at radius 3 is 2.50 bits per heavy atom. The Bertz CT molecular complexity index is 570. The highest BCUT2D eigenvalue weighted by Gasteiger charge is 2.12. The third-order valence-electron chi connectivity index (χ3n) is 3.24. The summed E-state index contributed by atoms with van der Waals surface area (Å²) in [5.74, 6) is 0.0198. The number of benzene rings is 1. The summed E-state index contributed by atoms with van der Waals surface area (Å²) in [5, 5.41) is 12.2. The summed E-state index contributed by atoms with van der Waals surface area (Å²) >= 11 is 0. The molecular formula is C16H19NO3. The van der Waals surface area contributed by atoms with E-state index in [0.29, 0.717) is 24.8 Å². The summed E-state index contributed by atoms with van der Waals surface area (Å²) in [7, 11) is 0. The second kappa shape index (κ2) is 6.39. The fourth-order valence-electron chi connectivity index (χ4n) is 2.01. The van der Waals surface area contributed by atoms with E-state index in [-0.39, 0.29) is 5.56 Å². The molecule has 0 spiro atoms. The maximum atomic E-state index is 10.9. The van der Waals surface area contributed by atoms with Crippen molar-refractivity contribution < 1.29 is 14.3 Å². The van der Waals surface area contributed by atoms with Crippen molar-refractivity contribution in [2.45, 2.75) is 32.9 Å². The molecule has 4 heteroatoms. The van der Waals surface area contributed by atoms with Crippen molar-refractivity contribution >= 4 is 5.97 Å². The van der Waals surface area contributed by atoms with Crippen molar-refractivity contribution in [2.24, 2.45) is 0 Å². The molecule has 20 heavy (non-hydrogen) atoms. The van der Waals surface area contributed by atoms with E-state index in [9.17, 15) is 4.79 Å². The minimum absolute atomic E-state index is 0.215. The predicted molar refractivity (Wildman–Crippen MR) is 76.7 cm³/mol. The largest absolute Gasteiger partial charge is 0.478 e. The van der Waals surface area contributed by atoms with E-state index in [4.69, 9.17) is 9.52 Å². The van der Waals surface area contributed by atoms with Crippen LogP contribution in [0.1, 0.15) is 47.0 Å². The molecule has 4 nitrogen and oxygen atoms in total. The van der Waals surface area contributed by atoms with Crippen LogP contribution in [0.15, 0.2) is 41.0 Å². The van der Waals surface area contributed by atoms with Gasteiger partial charge in [0.05, 0.1) is 12.8 Å². The Labute approximate surface area is 118 Å². The van der Waals surface area contributed by atoms with Crippen LogP contribution in [0.5, 0.6) is 0 Å². The van der Waals surface area contributed by atoms with Gasteiger partial charge in [-0.2, -0.15) is 0 Å². The number of carboxylic acid groups (broad SMARTS) is 1. The molecule has 0 saturated carbocycles. The lowest BCUT2D eigenvalue weighted by Gasteiger charge is -2.07. The first-order chi connectivity index (χ1) is 9.58. The quantitative estimate of drug-likeness (QED) is 0.846. The maximum absolute atomic E-state index is 10.9. The molecule has 0 saturated heterocycles. The van der Waals surface area contributed by atoms with Gasteiger partial charge in [-0.15, -0.1) is 0 Å². The molecule has 2 N–H and O–H groups in total. The molecule has 0 radical (unpaired) electrons. The summed E-state index contributed by atoms with van der Waals surface area (Å²) in [6, 6.07) is 9.89. The van der Waals surface area contributed by atoms with Gasteiger partial charge in [-0.05, 0) is 23.1 Å². The van der Waals surface area contributed by atoms with Crippen molar-refractivity contribution in [3.05, 3.63) is 59.0 Å². The molecule has 2 rings (SSSR count). The monoisotopic (exact) mass is 273 g/mol. The maximum Gasteiger partial charge on any atom is 0.339 e. The number of hydrogen-bond donors (Lipinski definition) is 2. The Morgan fingerprint density at radius 2 is 1.90 bits per heavy atom. The van der Waals surface area contributed by atoms with Crippen LogP contribution in [0, 0.1) is 0 Å². The number of hydrogen-bond acceptors (Lipinski definition) is 3. The van der Waals surface area contributed by atoms with E-state index in [1.807, 2.05) is 0 Å². The Morgan fingerprint density at radius 1 is 1.20 bits per heavy atom. The number of carbonyl (C=O) groups is 1. The summed E-state index contributed by atoms with van der Waals surface area (Å²) < 4.78 is 5.17. The molecule has 0 aliphatic carbocycles. The van der Waals surface area contributed by atoms with Crippen LogP contribution in [0.2, 0.25) is 0 Å². The number of aromatic carboxylic acids is 1. The second-order valence-corrected chi connectivity index (χ2v) is 5.06. The molecule has 0 atom stereocenters. The number of nitrogens with one attached hydrogen (secondary N) is 1. The molecule has 0 aliphatic heterocycles. The molecule has 0 fully saturated rings. The standard InChI is InChI=1S/C16H19NO3/c1-11(2)13-5-3-12(4-6-13)9-17-10-15-14(16(18)19)7-8-20-15/h3-8,11,17H,9-10H2,1-2H3,(H,18,19). The molecule has 0 bridgehead atoms. The molecule has 106 valence electrons. The van der Waals surface area contributed by atoms with Crippen LogP contribution >= 0.6 is 0 Å². The van der Waals surface area contributed by atoms with E-state index in [1.165, 1.54) is 17.9 Å². The first-order valence-corrected chi connectivity index (χ1v) is 6.67. The number of furan rings is 1. The number of carboxylic acids is 1. The molecule has 1 heterocycles. The second-order valence-electron chi connectivity index (χ2n) is 5.06. The van der Waals surface area contributed by atoms with Gasteiger partial charge in [0.15, 0.2) is 0 Å². The Kier molecular flexibility index (Phi) is 4.58. The summed E-state index contributed by atoms with van der Waals surface area (Å²) in [6.45, 7) is 5.41. The van der Waals surface area contributed by atoms with E-state index < -0.39 is 5.97 Å². The highest BCUT2D eigenvalue weighted by molar-refractivity contribution is 5.88. The average molecular weight is 273 g/mol. The van der Waals surface area contributed by atoms with Crippen LogP contribution in [-0.4, -0.2) is 11.1 Å². The van der Waals surface area contributed by atoms with Crippen LogP contribution in [0.25, 0.3) is 0 Å². The predicted octanol–water partition coefficient (Wildman–Crippen LogP) is 3.39. The lowest BCUT2D eigenvalue weighted by molar-refractivity contribution is 0.0694. The number of rotatable bonds is 6. The van der Waals surface area contributed by atoms with E-state index in [1.54, 1.807) is 0 Å². The zero-order valence-corrected chi connectivity index (χ0v) is 11.7. The van der Waals surface area contributed by atoms with Gasteiger partial charge in [0, 0.05) is 6.54 Å². The Balaban J connectivity index is 1.89. The van der Waals surface area contributed by atoms with Crippen molar-refractivity contribution in [1.82, 2.24) is 5.32 Å². The fraction of sp³-hybridized carbons (Fsp3) is 0.312. The molecular weight excluding hydrogens is 254 g/mol. The van der Waals surface area contributed by atoms with Crippen molar-refractivity contribution in [2.75, 3.05) is 0 Å². The van der Waals surface area contributed by atoms with Crippen LogP contribution < -0.4 is 5.32 Å². The SMILES string of the molecule is CC(C)c1ccc(CNCc2occc2C(=O)O)cc1. The summed E-state index contributed by atoms with van der Waals surface area (Å²) in [4.78, 5) is 10.9. The fourth-order valence-corrected chi connectivity index (χ4v) is 2.01. The summed E-state index contributed by atoms with van der Waals surface area (Å²) in [6.07, 6.45) is 1.40. The third kappa shape index (κ3) is 3.48. The molecule has 0 aliphatic rings. The van der Waals surface area contributed by atoms with Gasteiger partial charge >= 0.3 is 5.97 Å². The normalized spacial score (nSPS) is 10.9. The molecule has 2 aromatic rings. The van der Waals surface area contributed by atoms with Crippen molar-refractivity contribution in [3.63, 3.8) is 0 Å². The van der Waals surface area contributed by atoms with Gasteiger partial charge in [-0.25, -0.2) is 4.79 Å². The van der Waals surface area contributed by atoms with Gasteiger partial charge in [-0.1, -0.05) is 38.1 Å². The zero-order valence-electron chi connectivity index (χ0n) is 11.7. The van der Waals surface area contributed by atoms with Gasteiger partial charge < -0.3 is 14.8 Å². The average Bonchev–Trinajstić information content (AvgIpc) is 2.88. The smallest absolute Gasteiger partial charge is 0.339 e. The minimum atomic E-state index is -0.961. The molecule has 0 unspecified atom stereocenters. The highest BCUT2D eigenvalue weighted by Crippen LogP contribution is 2.15. The van der Waals surface area contributed by atoms with Gasteiger partial charge in [0.1, 0.15) is 11.3 Å². The van der Waals surface area contributed by atoms with E-state index in [0.717, 1.165) is 5.56 Å². The topological polar surface area (TPSA) is 62.5 Å². The van der Waals surface area contributed by atoms with Crippen molar-refractivity contribution in [1.29, 1.82) is 0 Å². The molecule has 1 aromatic heterocycles.